The average molecular weight is 414 g/mol. The third-order valence-electron chi connectivity index (χ3n) is 4.72. The first-order chi connectivity index (χ1) is 15.0. The van der Waals surface area contributed by atoms with Gasteiger partial charge in [0.1, 0.15) is 18.0 Å². The van der Waals surface area contributed by atoms with Crippen molar-refractivity contribution in [1.29, 1.82) is 0 Å². The summed E-state index contributed by atoms with van der Waals surface area (Å²) in [6.45, 7) is 4.01. The van der Waals surface area contributed by atoms with Gasteiger partial charge in [-0.1, -0.05) is 24.3 Å². The minimum Gasteiger partial charge on any atom is -0.487 e. The number of benzene rings is 2. The maximum atomic E-state index is 12.3. The fraction of sp³-hybridized carbons (Fsp3) is 0.125. The minimum atomic E-state index is -0.343. The summed E-state index contributed by atoms with van der Waals surface area (Å²) in [7, 11) is 0. The predicted octanol–water partition coefficient (Wildman–Crippen LogP) is 4.53. The smallest absolute Gasteiger partial charge is 0.323 e. The molecule has 0 aliphatic heterocycles. The molecule has 31 heavy (non-hydrogen) atoms. The Bertz CT molecular complexity index is 1310. The van der Waals surface area contributed by atoms with Gasteiger partial charge in [0.2, 0.25) is 0 Å². The SMILES string of the molecule is Cc1cccc(NC(=O)Nc2ccc(C)c(OCc3cc(=O)n4ccccc4n3)c2)c1. The van der Waals surface area contributed by atoms with E-state index in [1.54, 1.807) is 30.5 Å². The molecule has 0 saturated heterocycles. The summed E-state index contributed by atoms with van der Waals surface area (Å²) in [5, 5.41) is 5.62. The molecule has 0 fully saturated rings. The first kappa shape index (κ1) is 20.2. The summed E-state index contributed by atoms with van der Waals surface area (Å²) in [6, 6.07) is 19.5. The van der Waals surface area contributed by atoms with Gasteiger partial charge in [-0.15, -0.1) is 0 Å². The van der Waals surface area contributed by atoms with E-state index in [2.05, 4.69) is 15.6 Å². The molecule has 7 heteroatoms. The molecule has 0 saturated carbocycles. The zero-order valence-corrected chi connectivity index (χ0v) is 17.3. The molecule has 0 unspecified atom stereocenters. The largest absolute Gasteiger partial charge is 0.487 e. The van der Waals surface area contributed by atoms with Crippen molar-refractivity contribution in [3.05, 3.63) is 100 Å². The summed E-state index contributed by atoms with van der Waals surface area (Å²) in [6.07, 6.45) is 1.68. The summed E-state index contributed by atoms with van der Waals surface area (Å²) in [5.74, 6) is 0.600. The van der Waals surface area contributed by atoms with Gasteiger partial charge in [0.25, 0.3) is 5.56 Å². The highest BCUT2D eigenvalue weighted by molar-refractivity contribution is 5.99. The summed E-state index contributed by atoms with van der Waals surface area (Å²) in [4.78, 5) is 29.0. The predicted molar refractivity (Wildman–Crippen MR) is 121 cm³/mol. The number of amides is 2. The minimum absolute atomic E-state index is 0.139. The molecule has 2 aromatic carbocycles. The summed E-state index contributed by atoms with van der Waals surface area (Å²) >= 11 is 0. The highest BCUT2D eigenvalue weighted by Crippen LogP contribution is 2.24. The number of fused-ring (bicyclic) bond motifs is 1. The standard InChI is InChI=1S/C24H22N4O3/c1-16-6-5-7-18(12-16)26-24(30)27-19-10-9-17(2)21(13-19)31-15-20-14-23(29)28-11-4-3-8-22(28)25-20/h3-14H,15H2,1-2H3,(H2,26,27,30). The maximum Gasteiger partial charge on any atom is 0.323 e. The monoisotopic (exact) mass is 414 g/mol. The van der Waals surface area contributed by atoms with Gasteiger partial charge in [0.15, 0.2) is 0 Å². The number of hydrogen-bond donors (Lipinski definition) is 2. The Hall–Kier alpha value is -4.13. The van der Waals surface area contributed by atoms with Gasteiger partial charge in [-0.05, 0) is 55.3 Å². The fourth-order valence-corrected chi connectivity index (χ4v) is 3.18. The lowest BCUT2D eigenvalue weighted by atomic mass is 10.2. The summed E-state index contributed by atoms with van der Waals surface area (Å²) < 4.78 is 7.38. The first-order valence-electron chi connectivity index (χ1n) is 9.83. The second-order valence-corrected chi connectivity index (χ2v) is 7.23. The van der Waals surface area contributed by atoms with E-state index in [0.29, 0.717) is 22.8 Å². The van der Waals surface area contributed by atoms with Crippen LogP contribution in [-0.4, -0.2) is 15.4 Å². The lowest BCUT2D eigenvalue weighted by Crippen LogP contribution is -2.19. The van der Waals surface area contributed by atoms with E-state index < -0.39 is 0 Å². The van der Waals surface area contributed by atoms with Crippen molar-refractivity contribution < 1.29 is 9.53 Å². The molecule has 2 N–H and O–H groups in total. The molecule has 2 heterocycles. The third kappa shape index (κ3) is 4.90. The Morgan fingerprint density at radius 1 is 0.968 bits per heavy atom. The van der Waals surface area contributed by atoms with Gasteiger partial charge < -0.3 is 15.4 Å². The summed E-state index contributed by atoms with van der Waals surface area (Å²) in [5.41, 5.74) is 4.21. The number of ether oxygens (including phenoxy) is 1. The number of aryl methyl sites for hydroxylation is 2. The average Bonchev–Trinajstić information content (AvgIpc) is 2.74. The van der Waals surface area contributed by atoms with Crippen LogP contribution in [-0.2, 0) is 6.61 Å². The van der Waals surface area contributed by atoms with Gasteiger partial charge in [0, 0.05) is 29.7 Å². The Labute approximate surface area is 179 Å². The second kappa shape index (κ2) is 8.71. The maximum absolute atomic E-state index is 12.3. The molecule has 0 bridgehead atoms. The number of carbonyl (C=O) groups excluding carboxylic acids is 1. The lowest BCUT2D eigenvalue weighted by Gasteiger charge is -2.13. The van der Waals surface area contributed by atoms with E-state index in [1.165, 1.54) is 10.5 Å². The van der Waals surface area contributed by atoms with E-state index in [4.69, 9.17) is 4.74 Å². The number of rotatable bonds is 5. The van der Waals surface area contributed by atoms with E-state index in [9.17, 15) is 9.59 Å². The Morgan fingerprint density at radius 2 is 1.77 bits per heavy atom. The lowest BCUT2D eigenvalue weighted by molar-refractivity contribution is 0.262. The van der Waals surface area contributed by atoms with E-state index in [0.717, 1.165) is 16.8 Å². The van der Waals surface area contributed by atoms with Crippen LogP contribution in [0.25, 0.3) is 5.65 Å². The van der Waals surface area contributed by atoms with Gasteiger partial charge in [-0.2, -0.15) is 0 Å². The number of aromatic nitrogens is 2. The molecule has 0 aliphatic rings. The third-order valence-corrected chi connectivity index (χ3v) is 4.72. The zero-order chi connectivity index (χ0) is 21.8. The van der Waals surface area contributed by atoms with Crippen molar-refractivity contribution in [1.82, 2.24) is 9.38 Å². The number of nitrogens with one attached hydrogen (secondary N) is 2. The quantitative estimate of drug-likeness (QED) is 0.502. The first-order valence-corrected chi connectivity index (χ1v) is 9.83. The Morgan fingerprint density at radius 3 is 2.58 bits per heavy atom. The Balaban J connectivity index is 1.45. The molecule has 156 valence electrons. The van der Waals surface area contributed by atoms with Gasteiger partial charge in [0.05, 0.1) is 5.69 Å². The van der Waals surface area contributed by atoms with Crippen molar-refractivity contribution >= 4 is 23.1 Å². The molecule has 0 aliphatic carbocycles. The molecular formula is C24H22N4O3. The topological polar surface area (TPSA) is 84.7 Å². The number of pyridine rings is 1. The van der Waals surface area contributed by atoms with Crippen molar-refractivity contribution in [2.24, 2.45) is 0 Å². The molecule has 0 atom stereocenters. The molecule has 4 aromatic rings. The Kier molecular flexibility index (Phi) is 5.66. The van der Waals surface area contributed by atoms with Crippen LogP contribution >= 0.6 is 0 Å². The normalized spacial score (nSPS) is 10.6. The molecule has 4 rings (SSSR count). The molecule has 0 spiro atoms. The van der Waals surface area contributed by atoms with Crippen LogP contribution in [0.5, 0.6) is 5.75 Å². The highest BCUT2D eigenvalue weighted by Gasteiger charge is 2.08. The van der Waals surface area contributed by atoms with Gasteiger partial charge >= 0.3 is 6.03 Å². The van der Waals surface area contributed by atoms with Gasteiger partial charge in [-0.3, -0.25) is 9.20 Å². The number of carbonyl (C=O) groups is 1. The van der Waals surface area contributed by atoms with Crippen LogP contribution in [0.15, 0.2) is 77.7 Å². The van der Waals surface area contributed by atoms with E-state index >= 15 is 0 Å². The van der Waals surface area contributed by atoms with E-state index in [-0.39, 0.29) is 18.2 Å². The van der Waals surface area contributed by atoms with Crippen molar-refractivity contribution in [3.63, 3.8) is 0 Å². The molecule has 7 nitrogen and oxygen atoms in total. The number of hydrogen-bond acceptors (Lipinski definition) is 4. The van der Waals surface area contributed by atoms with Crippen LogP contribution in [0.1, 0.15) is 16.8 Å². The van der Waals surface area contributed by atoms with Gasteiger partial charge in [-0.25, -0.2) is 9.78 Å². The fourth-order valence-electron chi connectivity index (χ4n) is 3.18. The van der Waals surface area contributed by atoms with E-state index in [1.807, 2.05) is 50.2 Å². The van der Waals surface area contributed by atoms with Crippen LogP contribution in [0.3, 0.4) is 0 Å². The number of anilines is 2. The van der Waals surface area contributed by atoms with Crippen LogP contribution < -0.4 is 20.9 Å². The van der Waals surface area contributed by atoms with Crippen LogP contribution in [0.2, 0.25) is 0 Å². The molecule has 2 amide bonds. The second-order valence-electron chi connectivity index (χ2n) is 7.23. The van der Waals surface area contributed by atoms with Crippen molar-refractivity contribution in [3.8, 4) is 5.75 Å². The highest BCUT2D eigenvalue weighted by atomic mass is 16.5. The van der Waals surface area contributed by atoms with Crippen LogP contribution in [0, 0.1) is 13.8 Å². The number of urea groups is 1. The molecule has 0 radical (unpaired) electrons. The van der Waals surface area contributed by atoms with Crippen molar-refractivity contribution in [2.45, 2.75) is 20.5 Å². The molecular weight excluding hydrogens is 392 g/mol. The number of nitrogens with zero attached hydrogens (tertiary/aromatic N) is 2. The van der Waals surface area contributed by atoms with Crippen LogP contribution in [0.4, 0.5) is 16.2 Å². The molecule has 2 aromatic heterocycles. The van der Waals surface area contributed by atoms with Crippen molar-refractivity contribution in [2.75, 3.05) is 10.6 Å². The zero-order valence-electron chi connectivity index (χ0n) is 17.3.